The van der Waals surface area contributed by atoms with Crippen LogP contribution in [0.5, 0.6) is 5.75 Å². The number of ether oxygens (including phenoxy) is 1. The first kappa shape index (κ1) is 14.3. The van der Waals surface area contributed by atoms with Crippen LogP contribution < -0.4 is 10.5 Å². The van der Waals surface area contributed by atoms with Crippen LogP contribution in [0.2, 0.25) is 0 Å². The molecule has 2 N–H and O–H groups in total. The fourth-order valence-electron chi connectivity index (χ4n) is 2.47. The molecule has 2 rings (SSSR count). The number of rotatable bonds is 5. The molecule has 4 heteroatoms. The van der Waals surface area contributed by atoms with Crippen LogP contribution in [0.25, 0.3) is 0 Å². The lowest BCUT2D eigenvalue weighted by molar-refractivity contribution is 0.182. The second kappa shape index (κ2) is 6.87. The van der Waals surface area contributed by atoms with Crippen molar-refractivity contribution in [1.82, 2.24) is 4.90 Å². The maximum atomic E-state index is 13.2. The predicted molar refractivity (Wildman–Crippen MR) is 74.8 cm³/mol. The molecule has 0 amide bonds. The number of benzene rings is 1. The largest absolute Gasteiger partial charge is 0.492 e. The van der Waals surface area contributed by atoms with Crippen molar-refractivity contribution in [3.05, 3.63) is 29.6 Å². The third-order valence-corrected chi connectivity index (χ3v) is 3.58. The normalized spacial score (nSPS) is 18.3. The molecule has 1 saturated heterocycles. The van der Waals surface area contributed by atoms with Crippen molar-refractivity contribution in [2.24, 2.45) is 5.73 Å². The summed E-state index contributed by atoms with van der Waals surface area (Å²) in [4.78, 5) is 2.42. The Hall–Kier alpha value is -1.13. The summed E-state index contributed by atoms with van der Waals surface area (Å²) in [6.45, 7) is 5.72. The topological polar surface area (TPSA) is 38.5 Å². The highest BCUT2D eigenvalue weighted by Gasteiger charge is 2.12. The van der Waals surface area contributed by atoms with Crippen LogP contribution >= 0.6 is 0 Å². The average Bonchev–Trinajstić information content (AvgIpc) is 2.41. The van der Waals surface area contributed by atoms with E-state index in [1.54, 1.807) is 6.07 Å². The molecule has 1 aromatic rings. The van der Waals surface area contributed by atoms with Crippen LogP contribution in [-0.4, -0.2) is 31.1 Å². The van der Waals surface area contributed by atoms with Crippen molar-refractivity contribution in [2.75, 3.05) is 26.2 Å². The Morgan fingerprint density at radius 1 is 1.32 bits per heavy atom. The molecule has 1 unspecified atom stereocenters. The molecule has 0 bridgehead atoms. The van der Waals surface area contributed by atoms with Gasteiger partial charge < -0.3 is 10.5 Å². The van der Waals surface area contributed by atoms with Crippen LogP contribution in [0.4, 0.5) is 4.39 Å². The third kappa shape index (κ3) is 4.18. The number of likely N-dealkylation sites (tertiary alicyclic amines) is 1. The van der Waals surface area contributed by atoms with Gasteiger partial charge in [-0.3, -0.25) is 4.90 Å². The van der Waals surface area contributed by atoms with Gasteiger partial charge in [-0.1, -0.05) is 6.42 Å². The summed E-state index contributed by atoms with van der Waals surface area (Å²) < 4.78 is 19.0. The van der Waals surface area contributed by atoms with E-state index in [1.807, 2.05) is 6.92 Å². The number of hydrogen-bond acceptors (Lipinski definition) is 3. The lowest BCUT2D eigenvalue weighted by Gasteiger charge is -2.26. The van der Waals surface area contributed by atoms with E-state index in [1.165, 1.54) is 31.4 Å². The van der Waals surface area contributed by atoms with Crippen LogP contribution in [0.1, 0.15) is 37.8 Å². The summed E-state index contributed by atoms with van der Waals surface area (Å²) in [5.74, 6) is 0.434. The molecule has 19 heavy (non-hydrogen) atoms. The highest BCUT2D eigenvalue weighted by atomic mass is 19.1. The molecule has 1 atom stereocenters. The Morgan fingerprint density at radius 3 is 2.74 bits per heavy atom. The lowest BCUT2D eigenvalue weighted by Crippen LogP contribution is -2.33. The molecule has 0 aliphatic carbocycles. The second-order valence-corrected chi connectivity index (χ2v) is 5.22. The molecular weight excluding hydrogens is 243 g/mol. The Kier molecular flexibility index (Phi) is 5.16. The molecule has 0 aromatic heterocycles. The summed E-state index contributed by atoms with van der Waals surface area (Å²) in [6, 6.07) is 4.33. The zero-order valence-corrected chi connectivity index (χ0v) is 11.6. The Morgan fingerprint density at radius 2 is 2.05 bits per heavy atom. The van der Waals surface area contributed by atoms with Gasteiger partial charge in [0.2, 0.25) is 0 Å². The van der Waals surface area contributed by atoms with Gasteiger partial charge in [-0.25, -0.2) is 4.39 Å². The molecule has 1 fully saturated rings. The lowest BCUT2D eigenvalue weighted by atomic mass is 10.1. The van der Waals surface area contributed by atoms with E-state index in [2.05, 4.69) is 4.90 Å². The molecule has 0 spiro atoms. The first-order valence-electron chi connectivity index (χ1n) is 7.07. The van der Waals surface area contributed by atoms with Gasteiger partial charge in [0.05, 0.1) is 0 Å². The van der Waals surface area contributed by atoms with E-state index in [0.717, 1.165) is 25.2 Å². The summed E-state index contributed by atoms with van der Waals surface area (Å²) >= 11 is 0. The highest BCUT2D eigenvalue weighted by Crippen LogP contribution is 2.24. The third-order valence-electron chi connectivity index (χ3n) is 3.58. The van der Waals surface area contributed by atoms with Gasteiger partial charge in [-0.2, -0.15) is 0 Å². The first-order chi connectivity index (χ1) is 9.16. The number of piperidine rings is 1. The van der Waals surface area contributed by atoms with E-state index in [4.69, 9.17) is 10.5 Å². The Balaban J connectivity index is 1.88. The van der Waals surface area contributed by atoms with Gasteiger partial charge in [0.15, 0.2) is 0 Å². The number of nitrogens with two attached hydrogens (primary N) is 1. The minimum atomic E-state index is -0.268. The summed E-state index contributed by atoms with van der Waals surface area (Å²) in [5.41, 5.74) is 6.58. The van der Waals surface area contributed by atoms with Crippen molar-refractivity contribution in [2.45, 2.75) is 32.2 Å². The average molecular weight is 266 g/mol. The Bertz CT molecular complexity index is 403. The second-order valence-electron chi connectivity index (χ2n) is 5.22. The maximum absolute atomic E-state index is 13.2. The van der Waals surface area contributed by atoms with E-state index < -0.39 is 0 Å². The molecule has 1 heterocycles. The van der Waals surface area contributed by atoms with Crippen LogP contribution in [0, 0.1) is 5.82 Å². The molecule has 0 radical (unpaired) electrons. The standard InChI is InChI=1S/C15H23FN2O/c1-12(17)14-11-13(16)5-6-15(14)19-10-9-18-7-3-2-4-8-18/h5-6,11-12H,2-4,7-10,17H2,1H3. The van der Waals surface area contributed by atoms with E-state index >= 15 is 0 Å². The SMILES string of the molecule is CC(N)c1cc(F)ccc1OCCN1CCCCC1. The van der Waals surface area contributed by atoms with Crippen molar-refractivity contribution >= 4 is 0 Å². The molecule has 1 aliphatic rings. The zero-order valence-electron chi connectivity index (χ0n) is 11.6. The maximum Gasteiger partial charge on any atom is 0.124 e. The Labute approximate surface area is 114 Å². The zero-order chi connectivity index (χ0) is 13.7. The van der Waals surface area contributed by atoms with Gasteiger partial charge in [0.25, 0.3) is 0 Å². The van der Waals surface area contributed by atoms with Gasteiger partial charge in [-0.15, -0.1) is 0 Å². The van der Waals surface area contributed by atoms with E-state index in [0.29, 0.717) is 12.4 Å². The minimum Gasteiger partial charge on any atom is -0.492 e. The van der Waals surface area contributed by atoms with Crippen LogP contribution in [0.15, 0.2) is 18.2 Å². The first-order valence-corrected chi connectivity index (χ1v) is 7.07. The molecular formula is C15H23FN2O. The van der Waals surface area contributed by atoms with Crippen LogP contribution in [-0.2, 0) is 0 Å². The molecule has 1 aliphatic heterocycles. The minimum absolute atomic E-state index is 0.222. The molecule has 1 aromatic carbocycles. The van der Waals surface area contributed by atoms with Crippen molar-refractivity contribution in [1.29, 1.82) is 0 Å². The summed E-state index contributed by atoms with van der Waals surface area (Å²) in [6.07, 6.45) is 3.90. The quantitative estimate of drug-likeness (QED) is 0.890. The highest BCUT2D eigenvalue weighted by molar-refractivity contribution is 5.36. The van der Waals surface area contributed by atoms with Crippen LogP contribution in [0.3, 0.4) is 0 Å². The van der Waals surface area contributed by atoms with Gasteiger partial charge in [0, 0.05) is 18.2 Å². The van der Waals surface area contributed by atoms with Crippen molar-refractivity contribution < 1.29 is 9.13 Å². The van der Waals surface area contributed by atoms with Gasteiger partial charge in [0.1, 0.15) is 18.2 Å². The van der Waals surface area contributed by atoms with Crippen molar-refractivity contribution in [3.8, 4) is 5.75 Å². The van der Waals surface area contributed by atoms with Crippen molar-refractivity contribution in [3.63, 3.8) is 0 Å². The predicted octanol–water partition coefficient (Wildman–Crippen LogP) is 2.71. The van der Waals surface area contributed by atoms with E-state index in [9.17, 15) is 4.39 Å². The van der Waals surface area contributed by atoms with E-state index in [-0.39, 0.29) is 11.9 Å². The van der Waals surface area contributed by atoms with Gasteiger partial charge >= 0.3 is 0 Å². The number of hydrogen-bond donors (Lipinski definition) is 1. The fraction of sp³-hybridized carbons (Fsp3) is 0.600. The molecule has 106 valence electrons. The number of nitrogens with zero attached hydrogens (tertiary/aromatic N) is 1. The molecule has 0 saturated carbocycles. The number of halogens is 1. The monoisotopic (exact) mass is 266 g/mol. The molecule has 3 nitrogen and oxygen atoms in total. The summed E-state index contributed by atoms with van der Waals surface area (Å²) in [7, 11) is 0. The summed E-state index contributed by atoms with van der Waals surface area (Å²) in [5, 5.41) is 0. The smallest absolute Gasteiger partial charge is 0.124 e. The fourth-order valence-corrected chi connectivity index (χ4v) is 2.47. The van der Waals surface area contributed by atoms with Gasteiger partial charge in [-0.05, 0) is 51.1 Å².